The van der Waals surface area contributed by atoms with Gasteiger partial charge < -0.3 is 10.4 Å². The number of amides is 1. The van der Waals surface area contributed by atoms with Crippen molar-refractivity contribution in [1.82, 2.24) is 5.32 Å². The predicted octanol–water partition coefficient (Wildman–Crippen LogP) is 0.602. The predicted molar refractivity (Wildman–Crippen MR) is 71.3 cm³/mol. The van der Waals surface area contributed by atoms with Gasteiger partial charge in [-0.1, -0.05) is 12.7 Å². The number of rotatable bonds is 5. The van der Waals surface area contributed by atoms with Crippen LogP contribution >= 0.6 is 0 Å². The van der Waals surface area contributed by atoms with Gasteiger partial charge in [0.05, 0.1) is 11.3 Å². The molecule has 110 valence electrons. The Bertz CT molecular complexity index is 450. The summed E-state index contributed by atoms with van der Waals surface area (Å²) in [6.07, 6.45) is 3.59. The maximum atomic E-state index is 10.8. The molecule has 0 spiro atoms. The Morgan fingerprint density at radius 1 is 1.37 bits per heavy atom. The molecule has 0 heterocycles. The summed E-state index contributed by atoms with van der Waals surface area (Å²) in [7, 11) is -4.08. The molecular weight excluding hydrogens is 274 g/mol. The van der Waals surface area contributed by atoms with Crippen molar-refractivity contribution in [2.45, 2.75) is 26.3 Å². The maximum Gasteiger partial charge on any atom is 0.327 e. The van der Waals surface area contributed by atoms with Crippen LogP contribution < -0.4 is 5.32 Å². The highest BCUT2D eigenvalue weighted by Gasteiger charge is 2.25. The van der Waals surface area contributed by atoms with Crippen molar-refractivity contribution in [1.29, 1.82) is 0 Å². The van der Waals surface area contributed by atoms with Crippen LogP contribution in [0.3, 0.4) is 0 Å². The number of carbonyl (C=O) groups excluding carboxylic acids is 1. The van der Waals surface area contributed by atoms with E-state index in [4.69, 9.17) is 9.66 Å². The van der Waals surface area contributed by atoms with Gasteiger partial charge in [0.2, 0.25) is 5.91 Å². The lowest BCUT2D eigenvalue weighted by Gasteiger charge is -2.23. The summed E-state index contributed by atoms with van der Waals surface area (Å²) in [6, 6.07) is 0. The van der Waals surface area contributed by atoms with Crippen LogP contribution in [0.2, 0.25) is 0 Å². The number of allylic oxidation sites excluding steroid dienone is 1. The van der Waals surface area contributed by atoms with Crippen molar-refractivity contribution in [2.24, 2.45) is 0 Å². The third kappa shape index (κ3) is 16.3. The summed E-state index contributed by atoms with van der Waals surface area (Å²) in [5.74, 6) is -1.90. The fourth-order valence-electron chi connectivity index (χ4n) is 1.02. The summed E-state index contributed by atoms with van der Waals surface area (Å²) in [6.45, 7) is 7.85. The highest BCUT2D eigenvalue weighted by Crippen LogP contribution is 2.05. The molecule has 0 aromatic heterocycles. The minimum absolute atomic E-state index is 0.478. The Kier molecular flexibility index (Phi) is 8.73. The van der Waals surface area contributed by atoms with Crippen molar-refractivity contribution >= 4 is 22.0 Å². The number of nitrogens with one attached hydrogen (secondary N) is 1. The quantitative estimate of drug-likeness (QED) is 0.504. The van der Waals surface area contributed by atoms with E-state index in [-0.39, 0.29) is 0 Å². The summed E-state index contributed by atoms with van der Waals surface area (Å²) < 4.78 is 29.5. The van der Waals surface area contributed by atoms with Crippen molar-refractivity contribution in [3.05, 3.63) is 24.8 Å². The van der Waals surface area contributed by atoms with Gasteiger partial charge >= 0.3 is 5.97 Å². The molecule has 0 bridgehead atoms. The van der Waals surface area contributed by atoms with Gasteiger partial charge in [0, 0.05) is 6.08 Å². The van der Waals surface area contributed by atoms with Crippen LogP contribution in [0.15, 0.2) is 24.8 Å². The van der Waals surface area contributed by atoms with Crippen LogP contribution in [0.25, 0.3) is 0 Å². The van der Waals surface area contributed by atoms with Crippen LogP contribution in [0.4, 0.5) is 0 Å². The summed E-state index contributed by atoms with van der Waals surface area (Å²) in [4.78, 5) is 20.3. The molecule has 0 rings (SSSR count). The van der Waals surface area contributed by atoms with Gasteiger partial charge in [-0.2, -0.15) is 8.42 Å². The Labute approximate surface area is 112 Å². The van der Waals surface area contributed by atoms with E-state index in [2.05, 4.69) is 11.9 Å². The summed E-state index contributed by atoms with van der Waals surface area (Å²) in [5.41, 5.74) is -1.00. The third-order valence-corrected chi connectivity index (χ3v) is 2.59. The fraction of sp³-hybridized carbons (Fsp3) is 0.455. The van der Waals surface area contributed by atoms with Crippen molar-refractivity contribution < 1.29 is 27.7 Å². The van der Waals surface area contributed by atoms with E-state index < -0.39 is 33.3 Å². The van der Waals surface area contributed by atoms with Gasteiger partial charge in [0.1, 0.15) is 0 Å². The SMILES string of the molecule is C=CC(=O)NC(C)(C)CS(=O)(=O)O.CC=CC(=O)O. The van der Waals surface area contributed by atoms with Crippen molar-refractivity contribution in [2.75, 3.05) is 5.75 Å². The van der Waals surface area contributed by atoms with Crippen LogP contribution in [-0.2, 0) is 19.7 Å². The minimum atomic E-state index is -4.08. The minimum Gasteiger partial charge on any atom is -0.478 e. The number of carboxylic acids is 1. The number of hydrogen-bond donors (Lipinski definition) is 3. The Morgan fingerprint density at radius 2 is 1.84 bits per heavy atom. The van der Waals surface area contributed by atoms with E-state index in [1.165, 1.54) is 19.9 Å². The second-order valence-electron chi connectivity index (χ2n) is 4.14. The molecule has 0 fully saturated rings. The Hall–Kier alpha value is -1.67. The van der Waals surface area contributed by atoms with Crippen LogP contribution in [0.5, 0.6) is 0 Å². The van der Waals surface area contributed by atoms with Crippen molar-refractivity contribution in [3.63, 3.8) is 0 Å². The summed E-state index contributed by atoms with van der Waals surface area (Å²) >= 11 is 0. The first kappa shape index (κ1) is 19.7. The van der Waals surface area contributed by atoms with Crippen LogP contribution in [0.1, 0.15) is 20.8 Å². The molecule has 7 nitrogen and oxygen atoms in total. The second kappa shape index (κ2) is 8.44. The second-order valence-corrected chi connectivity index (χ2v) is 5.59. The van der Waals surface area contributed by atoms with Crippen molar-refractivity contribution in [3.8, 4) is 0 Å². The van der Waals surface area contributed by atoms with Gasteiger partial charge in [-0.05, 0) is 26.8 Å². The molecule has 0 aliphatic rings. The maximum absolute atomic E-state index is 10.8. The lowest BCUT2D eigenvalue weighted by molar-refractivity contribution is -0.131. The highest BCUT2D eigenvalue weighted by molar-refractivity contribution is 7.85. The first-order valence-corrected chi connectivity index (χ1v) is 6.80. The summed E-state index contributed by atoms with van der Waals surface area (Å²) in [5, 5.41) is 10.2. The molecular formula is C11H19NO6S. The average Bonchev–Trinajstić information content (AvgIpc) is 2.13. The molecule has 8 heteroatoms. The van der Waals surface area contributed by atoms with Gasteiger partial charge in [-0.25, -0.2) is 4.79 Å². The van der Waals surface area contributed by atoms with E-state index in [0.717, 1.165) is 12.2 Å². The zero-order valence-corrected chi connectivity index (χ0v) is 11.9. The number of aliphatic carboxylic acids is 1. The molecule has 0 radical (unpaired) electrons. The van der Waals surface area contributed by atoms with E-state index in [1.54, 1.807) is 6.92 Å². The zero-order chi connectivity index (χ0) is 15.7. The molecule has 0 saturated carbocycles. The van der Waals surface area contributed by atoms with Gasteiger partial charge in [0.25, 0.3) is 10.1 Å². The normalized spacial score (nSPS) is 11.4. The number of hydrogen-bond acceptors (Lipinski definition) is 4. The van der Waals surface area contributed by atoms with E-state index >= 15 is 0 Å². The average molecular weight is 293 g/mol. The first-order valence-electron chi connectivity index (χ1n) is 5.19. The molecule has 3 N–H and O–H groups in total. The van der Waals surface area contributed by atoms with Crippen LogP contribution in [-0.4, -0.2) is 41.2 Å². The molecule has 0 aliphatic heterocycles. The molecule has 0 aromatic carbocycles. The molecule has 0 atom stereocenters. The molecule has 0 saturated heterocycles. The molecule has 0 aliphatic carbocycles. The number of carbonyl (C=O) groups is 2. The smallest absolute Gasteiger partial charge is 0.327 e. The monoisotopic (exact) mass is 293 g/mol. The largest absolute Gasteiger partial charge is 0.478 e. The van der Waals surface area contributed by atoms with Gasteiger partial charge in [-0.3, -0.25) is 9.35 Å². The van der Waals surface area contributed by atoms with E-state index in [0.29, 0.717) is 0 Å². The molecule has 19 heavy (non-hydrogen) atoms. The fourth-order valence-corrected chi connectivity index (χ4v) is 2.00. The van der Waals surface area contributed by atoms with Gasteiger partial charge in [-0.15, -0.1) is 0 Å². The lowest BCUT2D eigenvalue weighted by Crippen LogP contribution is -2.47. The first-order chi connectivity index (χ1) is 8.43. The number of carboxylic acid groups (broad SMARTS) is 1. The third-order valence-electron chi connectivity index (χ3n) is 1.50. The van der Waals surface area contributed by atoms with Gasteiger partial charge in [0.15, 0.2) is 0 Å². The zero-order valence-electron chi connectivity index (χ0n) is 11.1. The molecule has 1 amide bonds. The van der Waals surface area contributed by atoms with E-state index in [9.17, 15) is 18.0 Å². The highest BCUT2D eigenvalue weighted by atomic mass is 32.2. The van der Waals surface area contributed by atoms with Crippen LogP contribution in [0, 0.1) is 0 Å². The molecule has 0 unspecified atom stereocenters. The Morgan fingerprint density at radius 3 is 2.05 bits per heavy atom. The standard InChI is InChI=1S/C7H13NO4S.C4H6O2/c1-4-6(9)8-7(2,3)5-13(10,11)12;1-2-3-4(5)6/h4H,1,5H2,2-3H3,(H,8,9)(H,10,11,12);2-3H,1H3,(H,5,6). The molecule has 0 aromatic rings. The van der Waals surface area contributed by atoms with E-state index in [1.807, 2.05) is 0 Å². The topological polar surface area (TPSA) is 121 Å². The lowest BCUT2D eigenvalue weighted by atomic mass is 10.1. The Balaban J connectivity index is 0.